The Kier molecular flexibility index (Phi) is 4.74. The Morgan fingerprint density at radius 3 is 2.80 bits per heavy atom. The van der Waals surface area contributed by atoms with Gasteiger partial charge in [-0.05, 0) is 43.7 Å². The van der Waals surface area contributed by atoms with E-state index >= 15 is 0 Å². The van der Waals surface area contributed by atoms with Gasteiger partial charge < -0.3 is 15.8 Å². The fourth-order valence-electron chi connectivity index (χ4n) is 1.76. The van der Waals surface area contributed by atoms with Crippen molar-refractivity contribution in [2.75, 3.05) is 11.1 Å². The van der Waals surface area contributed by atoms with E-state index in [2.05, 4.69) is 19.2 Å². The minimum absolute atomic E-state index is 0.196. The molecule has 2 aromatic rings. The normalized spacial score (nSPS) is 11.9. The fraction of sp³-hybridized carbons (Fsp3) is 0.250. The van der Waals surface area contributed by atoms with Crippen molar-refractivity contribution < 1.29 is 4.74 Å². The Morgan fingerprint density at radius 2 is 2.05 bits per heavy atom. The van der Waals surface area contributed by atoms with Gasteiger partial charge in [0.2, 0.25) is 0 Å². The van der Waals surface area contributed by atoms with Crippen LogP contribution in [0.5, 0.6) is 5.75 Å². The van der Waals surface area contributed by atoms with Crippen LogP contribution in [0.15, 0.2) is 42.5 Å². The van der Waals surface area contributed by atoms with Crippen molar-refractivity contribution >= 4 is 28.7 Å². The quantitative estimate of drug-likeness (QED) is 0.774. The summed E-state index contributed by atoms with van der Waals surface area (Å²) in [4.78, 5) is 0. The maximum absolute atomic E-state index is 5.98. The highest BCUT2D eigenvalue weighted by Gasteiger charge is 2.04. The van der Waals surface area contributed by atoms with Gasteiger partial charge in [0.05, 0.1) is 17.5 Å². The number of nitrogen functional groups attached to an aromatic ring is 1. The van der Waals surface area contributed by atoms with E-state index in [0.717, 1.165) is 23.5 Å². The first-order valence-electron chi connectivity index (χ1n) is 6.67. The Hall–Kier alpha value is -1.87. The molecule has 2 aromatic carbocycles. The number of benzene rings is 2. The molecule has 0 aliphatic rings. The summed E-state index contributed by atoms with van der Waals surface area (Å²) < 4.78 is 5.80. The maximum Gasteiger partial charge on any atom is 0.121 e. The lowest BCUT2D eigenvalue weighted by atomic mass is 10.2. The standard InChI is InChI=1S/C16H19ClN2O/c1-3-11(2)20-14-6-4-5-13(10-14)19-16-9-12(17)7-8-15(16)18/h4-11,19H,3,18H2,1-2H3. The monoisotopic (exact) mass is 290 g/mol. The van der Waals surface area contributed by atoms with Crippen LogP contribution in [-0.4, -0.2) is 6.10 Å². The second-order valence-corrected chi connectivity index (χ2v) is 5.16. The van der Waals surface area contributed by atoms with Crippen molar-refractivity contribution in [2.45, 2.75) is 26.4 Å². The summed E-state index contributed by atoms with van der Waals surface area (Å²) >= 11 is 5.98. The van der Waals surface area contributed by atoms with Crippen LogP contribution in [0.1, 0.15) is 20.3 Å². The van der Waals surface area contributed by atoms with Gasteiger partial charge in [-0.1, -0.05) is 24.6 Å². The molecule has 0 bridgehead atoms. The zero-order valence-electron chi connectivity index (χ0n) is 11.7. The van der Waals surface area contributed by atoms with Gasteiger partial charge >= 0.3 is 0 Å². The minimum Gasteiger partial charge on any atom is -0.491 e. The van der Waals surface area contributed by atoms with E-state index in [1.165, 1.54) is 0 Å². The van der Waals surface area contributed by atoms with E-state index in [9.17, 15) is 0 Å². The number of hydrogen-bond donors (Lipinski definition) is 2. The lowest BCUT2D eigenvalue weighted by Crippen LogP contribution is -2.09. The van der Waals surface area contributed by atoms with Crippen LogP contribution in [0.3, 0.4) is 0 Å². The van der Waals surface area contributed by atoms with E-state index in [1.54, 1.807) is 18.2 Å². The van der Waals surface area contributed by atoms with E-state index in [0.29, 0.717) is 10.7 Å². The second-order valence-electron chi connectivity index (χ2n) is 4.72. The average Bonchev–Trinajstić information content (AvgIpc) is 2.43. The molecular weight excluding hydrogens is 272 g/mol. The van der Waals surface area contributed by atoms with Crippen LogP contribution in [-0.2, 0) is 0 Å². The first kappa shape index (κ1) is 14.5. The zero-order valence-corrected chi connectivity index (χ0v) is 12.4. The van der Waals surface area contributed by atoms with Crippen LogP contribution in [0, 0.1) is 0 Å². The van der Waals surface area contributed by atoms with Gasteiger partial charge in [0.1, 0.15) is 5.75 Å². The van der Waals surface area contributed by atoms with Gasteiger partial charge in [0.15, 0.2) is 0 Å². The number of hydrogen-bond acceptors (Lipinski definition) is 3. The van der Waals surface area contributed by atoms with Crippen LogP contribution in [0.2, 0.25) is 5.02 Å². The van der Waals surface area contributed by atoms with Crippen molar-refractivity contribution in [3.63, 3.8) is 0 Å². The smallest absolute Gasteiger partial charge is 0.121 e. The highest BCUT2D eigenvalue weighted by atomic mass is 35.5. The Bertz CT molecular complexity index is 586. The van der Waals surface area contributed by atoms with Crippen molar-refractivity contribution in [1.82, 2.24) is 0 Å². The molecule has 3 N–H and O–H groups in total. The molecule has 0 aliphatic carbocycles. The molecule has 1 unspecified atom stereocenters. The lowest BCUT2D eigenvalue weighted by Gasteiger charge is -2.14. The molecule has 2 rings (SSSR count). The van der Waals surface area contributed by atoms with Gasteiger partial charge in [0, 0.05) is 16.8 Å². The highest BCUT2D eigenvalue weighted by Crippen LogP contribution is 2.28. The molecule has 0 saturated heterocycles. The molecule has 0 heterocycles. The third kappa shape index (κ3) is 3.81. The summed E-state index contributed by atoms with van der Waals surface area (Å²) in [7, 11) is 0. The van der Waals surface area contributed by atoms with Gasteiger partial charge in [-0.3, -0.25) is 0 Å². The maximum atomic E-state index is 5.98. The molecular formula is C16H19ClN2O. The Morgan fingerprint density at radius 1 is 1.25 bits per heavy atom. The minimum atomic E-state index is 0.196. The van der Waals surface area contributed by atoms with E-state index in [4.69, 9.17) is 22.1 Å². The molecule has 0 radical (unpaired) electrons. The van der Waals surface area contributed by atoms with Crippen LogP contribution >= 0.6 is 11.6 Å². The predicted molar refractivity (Wildman–Crippen MR) is 86.0 cm³/mol. The number of nitrogens with one attached hydrogen (secondary N) is 1. The molecule has 3 nitrogen and oxygen atoms in total. The highest BCUT2D eigenvalue weighted by molar-refractivity contribution is 6.31. The first-order chi connectivity index (χ1) is 9.58. The van der Waals surface area contributed by atoms with Gasteiger partial charge in [-0.25, -0.2) is 0 Å². The number of nitrogens with two attached hydrogens (primary N) is 1. The Balaban J connectivity index is 2.17. The zero-order chi connectivity index (χ0) is 14.5. The summed E-state index contributed by atoms with van der Waals surface area (Å²) in [5.41, 5.74) is 8.29. The summed E-state index contributed by atoms with van der Waals surface area (Å²) in [5, 5.41) is 3.90. The van der Waals surface area contributed by atoms with Gasteiger partial charge in [-0.2, -0.15) is 0 Å². The van der Waals surface area contributed by atoms with E-state index < -0.39 is 0 Å². The third-order valence-electron chi connectivity index (χ3n) is 3.04. The summed E-state index contributed by atoms with van der Waals surface area (Å²) in [5.74, 6) is 0.838. The molecule has 0 amide bonds. The summed E-state index contributed by atoms with van der Waals surface area (Å²) in [6.45, 7) is 4.15. The second kappa shape index (κ2) is 6.53. The first-order valence-corrected chi connectivity index (χ1v) is 7.05. The SMILES string of the molecule is CCC(C)Oc1cccc(Nc2cc(Cl)ccc2N)c1. The third-order valence-corrected chi connectivity index (χ3v) is 3.28. The van der Waals surface area contributed by atoms with Crippen molar-refractivity contribution in [2.24, 2.45) is 0 Å². The van der Waals surface area contributed by atoms with Crippen LogP contribution in [0.25, 0.3) is 0 Å². The van der Waals surface area contributed by atoms with Crippen LogP contribution < -0.4 is 15.8 Å². The molecule has 0 fully saturated rings. The largest absolute Gasteiger partial charge is 0.491 e. The number of rotatable bonds is 5. The van der Waals surface area contributed by atoms with Gasteiger partial charge in [-0.15, -0.1) is 0 Å². The molecule has 1 atom stereocenters. The number of anilines is 3. The van der Waals surface area contributed by atoms with Crippen molar-refractivity contribution in [3.05, 3.63) is 47.5 Å². The number of ether oxygens (including phenoxy) is 1. The molecule has 106 valence electrons. The van der Waals surface area contributed by atoms with E-state index in [-0.39, 0.29) is 6.10 Å². The molecule has 20 heavy (non-hydrogen) atoms. The number of halogens is 1. The lowest BCUT2D eigenvalue weighted by molar-refractivity contribution is 0.217. The van der Waals surface area contributed by atoms with E-state index in [1.807, 2.05) is 24.3 Å². The molecule has 0 aliphatic heterocycles. The topological polar surface area (TPSA) is 47.3 Å². The van der Waals surface area contributed by atoms with Crippen molar-refractivity contribution in [3.8, 4) is 5.75 Å². The summed E-state index contributed by atoms with van der Waals surface area (Å²) in [6, 6.07) is 13.2. The summed E-state index contributed by atoms with van der Waals surface area (Å²) in [6.07, 6.45) is 1.17. The Labute approximate surface area is 124 Å². The predicted octanol–water partition coefficient (Wildman–Crippen LogP) is 4.84. The molecule has 0 spiro atoms. The molecule has 4 heteroatoms. The fourth-order valence-corrected chi connectivity index (χ4v) is 1.93. The average molecular weight is 291 g/mol. The molecule has 0 saturated carbocycles. The van der Waals surface area contributed by atoms with Gasteiger partial charge in [0.25, 0.3) is 0 Å². The molecule has 0 aromatic heterocycles. The van der Waals surface area contributed by atoms with Crippen molar-refractivity contribution in [1.29, 1.82) is 0 Å². The van der Waals surface area contributed by atoms with Crippen LogP contribution in [0.4, 0.5) is 17.1 Å².